The number of hydrogen-bond acceptors (Lipinski definition) is 19. The Bertz CT molecular complexity index is 3940. The maximum atomic E-state index is 14.4. The van der Waals surface area contributed by atoms with Gasteiger partial charge < -0.3 is 74.9 Å². The third-order valence-electron chi connectivity index (χ3n) is 20.5. The number of Topliss-reactive ketones (excluding diaryl/α,β-unsaturated/α-hetero) is 1. The number of esters is 2. The van der Waals surface area contributed by atoms with Crippen LogP contribution < -0.4 is 65.4 Å². The Morgan fingerprint density at radius 1 is 0.594 bits per heavy atom. The van der Waals surface area contributed by atoms with E-state index in [4.69, 9.17) is 34.0 Å². The molecule has 101 heavy (non-hydrogen) atoms. The van der Waals surface area contributed by atoms with Gasteiger partial charge >= 0.3 is 59.9 Å². The second-order valence-electron chi connectivity index (χ2n) is 27.5. The van der Waals surface area contributed by atoms with Crippen molar-refractivity contribution >= 4 is 87.5 Å². The number of ether oxygens (including phenoxy) is 6. The summed E-state index contributed by atoms with van der Waals surface area (Å²) >= 11 is 0. The molecule has 27 nitrogen and oxygen atoms in total. The number of rotatable bonds is 13. The van der Waals surface area contributed by atoms with Crippen LogP contribution in [-0.4, -0.2) is 177 Å². The topological polar surface area (TPSA) is 366 Å². The minimum absolute atomic E-state index is 0. The number of aryl methyl sites for hydroxylation is 2. The van der Waals surface area contributed by atoms with Crippen molar-refractivity contribution in [2.45, 2.75) is 215 Å². The number of carboxylic acids is 1. The number of para-hydroxylation sites is 2. The van der Waals surface area contributed by atoms with Crippen LogP contribution in [0.4, 0.5) is 9.59 Å². The van der Waals surface area contributed by atoms with Gasteiger partial charge in [0, 0.05) is 47.6 Å². The van der Waals surface area contributed by atoms with Gasteiger partial charge in [-0.1, -0.05) is 74.3 Å². The number of pyridine rings is 2. The monoisotopic (exact) mass is 1400 g/mol. The zero-order valence-corrected chi connectivity index (χ0v) is 59.9. The van der Waals surface area contributed by atoms with E-state index in [0.717, 1.165) is 107 Å². The Kier molecular flexibility index (Phi) is 24.7. The second kappa shape index (κ2) is 33.3. The van der Waals surface area contributed by atoms with E-state index in [2.05, 4.69) is 36.0 Å². The van der Waals surface area contributed by atoms with Crippen molar-refractivity contribution in [3.63, 3.8) is 0 Å². The minimum atomic E-state index is -1.47. The molecule has 2 saturated heterocycles. The number of ketones is 1. The number of methoxy groups -OCH3 is 2. The fraction of sp³-hybridized carbons (Fsp3) is 0.548. The molecule has 0 spiro atoms. The van der Waals surface area contributed by atoms with Crippen molar-refractivity contribution in [1.82, 2.24) is 41.0 Å². The second-order valence-corrected chi connectivity index (χ2v) is 27.5. The van der Waals surface area contributed by atoms with E-state index in [1.807, 2.05) is 43.4 Å². The summed E-state index contributed by atoms with van der Waals surface area (Å²) < 4.78 is 34.4. The molecular weight excluding hydrogens is 1310 g/mol. The van der Waals surface area contributed by atoms with E-state index >= 15 is 0 Å². The van der Waals surface area contributed by atoms with Crippen molar-refractivity contribution in [1.29, 1.82) is 0 Å². The molecule has 8 aliphatic rings. The van der Waals surface area contributed by atoms with Gasteiger partial charge in [-0.05, 0) is 140 Å². The Morgan fingerprint density at radius 3 is 1.43 bits per heavy atom. The van der Waals surface area contributed by atoms with Crippen molar-refractivity contribution < 1.29 is 116 Å². The van der Waals surface area contributed by atoms with Crippen LogP contribution in [0.25, 0.3) is 27.3 Å². The molecule has 6 heterocycles. The maximum Gasteiger partial charge on any atom is 1.00 e. The third-order valence-corrected chi connectivity index (χ3v) is 20.5. The molecule has 532 valence electrons. The number of carboxylic acid groups (broad SMARTS) is 1. The van der Waals surface area contributed by atoms with E-state index in [1.54, 1.807) is 31.2 Å². The molecule has 6 amide bonds. The van der Waals surface area contributed by atoms with Crippen LogP contribution >= 0.6 is 0 Å². The van der Waals surface area contributed by atoms with Crippen molar-refractivity contribution in [2.24, 2.45) is 11.8 Å². The van der Waals surface area contributed by atoms with Crippen LogP contribution in [0.15, 0.2) is 72.8 Å². The predicted molar refractivity (Wildman–Crippen MR) is 358 cm³/mol. The fourth-order valence-corrected chi connectivity index (χ4v) is 14.9. The first-order valence-corrected chi connectivity index (χ1v) is 35.0. The molecule has 4 N–H and O–H groups in total. The van der Waals surface area contributed by atoms with Crippen molar-refractivity contribution in [3.8, 4) is 11.5 Å². The molecule has 4 aliphatic carbocycles. The Morgan fingerprint density at radius 2 is 1.01 bits per heavy atom. The van der Waals surface area contributed by atoms with Gasteiger partial charge in [-0.3, -0.25) is 24.0 Å². The van der Waals surface area contributed by atoms with Gasteiger partial charge in [-0.2, -0.15) is 4.79 Å². The molecule has 6 fully saturated rings. The number of hydrogen-bond donors (Lipinski definition) is 4. The summed E-state index contributed by atoms with van der Waals surface area (Å²) in [6.45, 7) is 3.59. The molecule has 0 radical (unpaired) electrons. The number of carbonyl (C=O) groups is 10. The Balaban J connectivity index is 0.000000216. The molecule has 2 aromatic heterocycles. The van der Waals surface area contributed by atoms with Crippen LogP contribution in [0.2, 0.25) is 0 Å². The van der Waals surface area contributed by atoms with Gasteiger partial charge in [0.1, 0.15) is 76.9 Å². The summed E-state index contributed by atoms with van der Waals surface area (Å²) in [5.41, 5.74) is 8.61. The number of carbonyl (C=O) groups excluding carboxylic acids is 10. The van der Waals surface area contributed by atoms with Crippen LogP contribution in [0.3, 0.4) is 0 Å². The number of fused-ring (bicyclic) bond motifs is 6. The number of benzene rings is 2. The smallest absolute Gasteiger partial charge is 0.543 e. The van der Waals surface area contributed by atoms with Gasteiger partial charge in [0.05, 0.1) is 50.0 Å². The number of aromatic nitrogens is 2. The largest absolute Gasteiger partial charge is 1.00 e. The molecule has 2 unspecified atom stereocenters. The maximum absolute atomic E-state index is 14.4. The van der Waals surface area contributed by atoms with Gasteiger partial charge in [0.25, 0.3) is 5.78 Å². The quantitative estimate of drug-likeness (QED) is 0.0216. The van der Waals surface area contributed by atoms with Crippen LogP contribution in [0.1, 0.15) is 173 Å². The van der Waals surface area contributed by atoms with Gasteiger partial charge in [0.15, 0.2) is 0 Å². The van der Waals surface area contributed by atoms with E-state index in [-0.39, 0.29) is 96.7 Å². The summed E-state index contributed by atoms with van der Waals surface area (Å²) in [7, 11) is 2.55. The summed E-state index contributed by atoms with van der Waals surface area (Å²) in [6, 6.07) is 9.53. The molecule has 28 heteroatoms. The zero-order chi connectivity index (χ0) is 70.8. The summed E-state index contributed by atoms with van der Waals surface area (Å²) in [5, 5.41) is 24.5. The van der Waals surface area contributed by atoms with Crippen molar-refractivity contribution in [2.75, 3.05) is 27.3 Å². The summed E-state index contributed by atoms with van der Waals surface area (Å²) in [5.74, 6) is -5.21. The molecule has 2 aromatic carbocycles. The molecule has 4 saturated carbocycles. The van der Waals surface area contributed by atoms with E-state index in [0.29, 0.717) is 66.1 Å². The Labute approximate surface area is 607 Å². The van der Waals surface area contributed by atoms with Gasteiger partial charge in [-0.15, -0.1) is 0 Å². The van der Waals surface area contributed by atoms with Crippen LogP contribution in [-0.2, 0) is 47.7 Å². The van der Waals surface area contributed by atoms with Crippen LogP contribution in [0.5, 0.6) is 11.5 Å². The number of nitrogens with one attached hydrogen (secondary N) is 4. The van der Waals surface area contributed by atoms with Gasteiger partial charge in [0.2, 0.25) is 23.6 Å². The zero-order valence-electron chi connectivity index (χ0n) is 57.9. The summed E-state index contributed by atoms with van der Waals surface area (Å²) in [6.07, 6.45) is 20.2. The average molecular weight is 1400 g/mol. The fourth-order valence-electron chi connectivity index (χ4n) is 14.9. The standard InChI is InChI=1S/C37H44N6O8.C36H44N4O9.Na/c1-22-11-10-15-26-31(18-28(40-32(22)26)30(44)20-39-38)50-25-17-29-33(45)42-37(35(47)49-2)19-23(37)12-6-4-3-5-7-16-27(34(46)43(29)21-25)41-36(48)51-24-13-8-9-14-24;1-21-11-10-15-25-29(18-27(33(43)44)37-30(21)25)48-24-17-28-31(41)39-36(34(45)47-2)19-22(36)12-6-4-3-5-7-16-26(32(42)40(28)20-24)38-35(46)49-23-13-8-9-14-23;/h6,10-12,15,18,20,23-25,27,29H,3-5,7-9,13-14,16-17,19,21H2,1-2H3,(H,41,48)(H,42,45);6,10-12,15,18,22-24,26,28H,3-5,7-9,13-14,16-17,19-20H2,1-2H3,(H,38,46)(H,39,41)(H,43,44);/q;;+1/p-1/b2*12-6-;/t23?,25-,27+,29+,37-;22?,24-,26+,28+,36-;/m11./s1. The molecule has 4 aliphatic heterocycles. The first kappa shape index (κ1) is 74.9. The molecule has 10 atom stereocenters. The number of amides is 6. The number of aromatic carboxylic acids is 1. The molecule has 4 aromatic rings. The van der Waals surface area contributed by atoms with Crippen LogP contribution in [0, 0.1) is 25.7 Å². The first-order chi connectivity index (χ1) is 48.2. The van der Waals surface area contributed by atoms with Gasteiger partial charge in [-0.25, -0.2) is 29.1 Å². The normalized spacial score (nSPS) is 27.6. The average Bonchev–Trinajstić information content (AvgIpc) is 1.59. The SMILES string of the molecule is COC(=O)[C@@]12CC1/C=C\CCCCC[C@H](NC(=O)OC1CCCC1)C(=O)N1C[C@H](Oc3cc(C(=O)C=[N+]=[N-])nc4c(C)cccc34)C[C@H]1C(=O)N2.COC(=O)[C@@]12CC1/C=C\CCCCC[C@H](NC(=O)OC1CCCC1)C(=O)N1C[C@H](Oc3cc(C(=O)[O-])nc4c(C)cccc34)C[C@H]1C(=O)N2.[Na+]. The molecule has 12 rings (SSSR count). The predicted octanol–water partition coefficient (Wildman–Crippen LogP) is 3.85. The number of alkyl carbamates (subject to hydrolysis) is 2. The third kappa shape index (κ3) is 17.4. The number of nitrogens with zero attached hydrogens (tertiary/aromatic N) is 6. The van der Waals surface area contributed by atoms with E-state index < -0.39 is 107 Å². The number of allylic oxidation sites excluding steroid dienone is 2. The van der Waals surface area contributed by atoms with E-state index in [1.165, 1.54) is 36.2 Å². The Hall–Kier alpha value is -8.78. The molecule has 0 bridgehead atoms. The van der Waals surface area contributed by atoms with E-state index in [9.17, 15) is 53.1 Å². The molecular formula is C73H87N10NaO17. The van der Waals surface area contributed by atoms with Crippen molar-refractivity contribution in [3.05, 3.63) is 101 Å². The minimum Gasteiger partial charge on any atom is -0.543 e. The first-order valence-electron chi connectivity index (χ1n) is 35.0. The summed E-state index contributed by atoms with van der Waals surface area (Å²) in [4.78, 5) is 148.